The van der Waals surface area contributed by atoms with Gasteiger partial charge in [0.15, 0.2) is 11.5 Å². The summed E-state index contributed by atoms with van der Waals surface area (Å²) in [6.45, 7) is 8.91. The van der Waals surface area contributed by atoms with E-state index in [2.05, 4.69) is 4.85 Å². The monoisotopic (exact) mass is 253 g/mol. The molecule has 0 heterocycles. The summed E-state index contributed by atoms with van der Waals surface area (Å²) in [6.07, 6.45) is 0.672. The van der Waals surface area contributed by atoms with E-state index < -0.39 is 0 Å². The molecule has 0 aliphatic heterocycles. The number of carbonyl (C=O) groups is 1. The topological polar surface area (TPSA) is 21.4 Å². The Morgan fingerprint density at radius 3 is 2.47 bits per heavy atom. The van der Waals surface area contributed by atoms with Crippen molar-refractivity contribution in [2.24, 2.45) is 0 Å². The Bertz CT molecular complexity index is 653. The minimum atomic E-state index is -0.365. The molecule has 0 N–H and O–H groups in total. The van der Waals surface area contributed by atoms with Gasteiger partial charge in [0.25, 0.3) is 0 Å². The van der Waals surface area contributed by atoms with Crippen LogP contribution in [0.1, 0.15) is 28.4 Å². The van der Waals surface area contributed by atoms with Crippen LogP contribution in [0.2, 0.25) is 0 Å². The number of benzene rings is 2. The van der Waals surface area contributed by atoms with Crippen LogP contribution in [0.5, 0.6) is 0 Å². The molecule has 0 atom stereocenters. The molecule has 0 saturated carbocycles. The normalized spacial score (nSPS) is 9.95. The lowest BCUT2D eigenvalue weighted by Gasteiger charge is -2.07. The van der Waals surface area contributed by atoms with Crippen molar-refractivity contribution in [3.63, 3.8) is 0 Å². The lowest BCUT2D eigenvalue weighted by Crippen LogP contribution is -2.05. The van der Waals surface area contributed by atoms with Crippen molar-refractivity contribution in [2.45, 2.75) is 13.3 Å². The molecule has 2 aromatic carbocycles. The van der Waals surface area contributed by atoms with Crippen LogP contribution in [0.4, 0.5) is 10.1 Å². The molecule has 0 aliphatic rings. The second-order valence-corrected chi connectivity index (χ2v) is 4.14. The second-order valence-electron chi connectivity index (χ2n) is 4.14. The average molecular weight is 253 g/mol. The highest BCUT2D eigenvalue weighted by Gasteiger charge is 2.13. The highest BCUT2D eigenvalue weighted by atomic mass is 19.1. The number of halogens is 1. The molecule has 0 unspecified atom stereocenters. The molecule has 0 amide bonds. The number of hydrogen-bond donors (Lipinski definition) is 0. The smallest absolute Gasteiger partial charge is 0.193 e. The summed E-state index contributed by atoms with van der Waals surface area (Å²) in [5, 5.41) is 0. The predicted octanol–water partition coefficient (Wildman–Crippen LogP) is 4.17. The highest BCUT2D eigenvalue weighted by Crippen LogP contribution is 2.21. The maximum atomic E-state index is 12.9. The molecule has 0 radical (unpaired) electrons. The van der Waals surface area contributed by atoms with E-state index in [-0.39, 0.29) is 11.6 Å². The molecule has 0 aromatic heterocycles. The van der Waals surface area contributed by atoms with Crippen LogP contribution in [-0.4, -0.2) is 5.78 Å². The SMILES string of the molecule is [C-]#[N+]c1ccc(C(=O)c2ccc(F)cc2)c(CC)c1. The largest absolute Gasteiger partial charge is 0.289 e. The Morgan fingerprint density at radius 2 is 1.89 bits per heavy atom. The number of aryl methyl sites for hydroxylation is 1. The first-order valence-electron chi connectivity index (χ1n) is 5.96. The number of hydrogen-bond acceptors (Lipinski definition) is 1. The van der Waals surface area contributed by atoms with Crippen LogP contribution in [-0.2, 0) is 6.42 Å². The summed E-state index contributed by atoms with van der Waals surface area (Å²) in [6, 6.07) is 10.5. The van der Waals surface area contributed by atoms with Gasteiger partial charge in [-0.2, -0.15) is 0 Å². The maximum Gasteiger partial charge on any atom is 0.193 e. The van der Waals surface area contributed by atoms with Crippen molar-refractivity contribution < 1.29 is 9.18 Å². The van der Waals surface area contributed by atoms with Gasteiger partial charge < -0.3 is 0 Å². The molecule has 19 heavy (non-hydrogen) atoms. The van der Waals surface area contributed by atoms with Gasteiger partial charge in [-0.15, -0.1) is 0 Å². The zero-order chi connectivity index (χ0) is 13.8. The van der Waals surface area contributed by atoms with Crippen LogP contribution in [0.15, 0.2) is 42.5 Å². The Labute approximate surface area is 111 Å². The van der Waals surface area contributed by atoms with Gasteiger partial charge in [-0.25, -0.2) is 9.24 Å². The van der Waals surface area contributed by atoms with E-state index in [0.29, 0.717) is 23.2 Å². The molecular formula is C16H12FNO. The Morgan fingerprint density at radius 1 is 1.21 bits per heavy atom. The third-order valence-electron chi connectivity index (χ3n) is 2.95. The van der Waals surface area contributed by atoms with Crippen molar-refractivity contribution in [3.8, 4) is 0 Å². The lowest BCUT2D eigenvalue weighted by molar-refractivity contribution is 0.103. The molecule has 2 aromatic rings. The molecule has 2 nitrogen and oxygen atoms in total. The standard InChI is InChI=1S/C16H12FNO/c1-3-11-10-14(18-2)8-9-15(11)16(19)12-4-6-13(17)7-5-12/h4-10H,3H2,1H3. The van der Waals surface area contributed by atoms with Gasteiger partial charge >= 0.3 is 0 Å². The fourth-order valence-corrected chi connectivity index (χ4v) is 1.92. The van der Waals surface area contributed by atoms with E-state index >= 15 is 0 Å². The number of rotatable bonds is 3. The zero-order valence-electron chi connectivity index (χ0n) is 10.5. The minimum absolute atomic E-state index is 0.145. The summed E-state index contributed by atoms with van der Waals surface area (Å²) in [5.74, 6) is -0.510. The fourth-order valence-electron chi connectivity index (χ4n) is 1.92. The van der Waals surface area contributed by atoms with Gasteiger partial charge in [0.2, 0.25) is 0 Å². The lowest BCUT2D eigenvalue weighted by atomic mass is 9.96. The van der Waals surface area contributed by atoms with Crippen LogP contribution in [0.3, 0.4) is 0 Å². The number of nitrogens with zero attached hydrogens (tertiary/aromatic N) is 1. The predicted molar refractivity (Wildman–Crippen MR) is 71.9 cm³/mol. The Hall–Kier alpha value is -2.47. The van der Waals surface area contributed by atoms with Gasteiger partial charge in [0, 0.05) is 11.1 Å². The molecule has 0 saturated heterocycles. The van der Waals surface area contributed by atoms with Crippen molar-refractivity contribution in [1.29, 1.82) is 0 Å². The van der Waals surface area contributed by atoms with Crippen LogP contribution >= 0.6 is 0 Å². The van der Waals surface area contributed by atoms with Crippen molar-refractivity contribution in [2.75, 3.05) is 0 Å². The fraction of sp³-hybridized carbons (Fsp3) is 0.125. The summed E-state index contributed by atoms with van der Waals surface area (Å²) >= 11 is 0. The van der Waals surface area contributed by atoms with Crippen LogP contribution in [0.25, 0.3) is 4.85 Å². The number of carbonyl (C=O) groups excluding carboxylic acids is 1. The molecule has 0 fully saturated rings. The summed E-state index contributed by atoms with van der Waals surface area (Å²) < 4.78 is 12.9. The van der Waals surface area contributed by atoms with E-state index in [9.17, 15) is 9.18 Å². The van der Waals surface area contributed by atoms with Gasteiger partial charge in [0.05, 0.1) is 6.57 Å². The molecule has 3 heteroatoms. The molecule has 0 bridgehead atoms. The van der Waals surface area contributed by atoms with Gasteiger partial charge in [-0.05, 0) is 36.2 Å². The van der Waals surface area contributed by atoms with Gasteiger partial charge in [-0.3, -0.25) is 4.79 Å². The average Bonchev–Trinajstić information content (AvgIpc) is 2.46. The maximum absolute atomic E-state index is 12.9. The third kappa shape index (κ3) is 2.69. The first-order chi connectivity index (χ1) is 9.15. The van der Waals surface area contributed by atoms with E-state index in [4.69, 9.17) is 6.57 Å². The Balaban J connectivity index is 2.44. The molecule has 2 rings (SSSR count). The van der Waals surface area contributed by atoms with E-state index in [1.807, 2.05) is 6.92 Å². The zero-order valence-corrected chi connectivity index (χ0v) is 10.5. The minimum Gasteiger partial charge on any atom is -0.289 e. The van der Waals surface area contributed by atoms with Crippen LogP contribution < -0.4 is 0 Å². The van der Waals surface area contributed by atoms with Crippen LogP contribution in [0, 0.1) is 12.4 Å². The second kappa shape index (κ2) is 5.45. The number of ketones is 1. The molecule has 94 valence electrons. The summed E-state index contributed by atoms with van der Waals surface area (Å²) in [4.78, 5) is 15.7. The first kappa shape index (κ1) is 13.0. The quantitative estimate of drug-likeness (QED) is 0.594. The van der Waals surface area contributed by atoms with Crippen molar-refractivity contribution in [1.82, 2.24) is 0 Å². The van der Waals surface area contributed by atoms with E-state index in [1.165, 1.54) is 24.3 Å². The first-order valence-corrected chi connectivity index (χ1v) is 5.96. The van der Waals surface area contributed by atoms with E-state index in [1.54, 1.807) is 18.2 Å². The van der Waals surface area contributed by atoms with Crippen molar-refractivity contribution >= 4 is 11.5 Å². The highest BCUT2D eigenvalue weighted by molar-refractivity contribution is 6.10. The van der Waals surface area contributed by atoms with Gasteiger partial charge in [-0.1, -0.05) is 25.1 Å². The van der Waals surface area contributed by atoms with E-state index in [0.717, 1.165) is 5.56 Å². The van der Waals surface area contributed by atoms with Gasteiger partial charge in [0.1, 0.15) is 5.82 Å². The molecule has 0 aliphatic carbocycles. The molecular weight excluding hydrogens is 241 g/mol. The summed E-state index contributed by atoms with van der Waals surface area (Å²) in [5.41, 5.74) is 2.38. The molecule has 0 spiro atoms. The Kier molecular flexibility index (Phi) is 3.72. The summed E-state index contributed by atoms with van der Waals surface area (Å²) in [7, 11) is 0. The van der Waals surface area contributed by atoms with Crippen molar-refractivity contribution in [3.05, 3.63) is 76.4 Å². The third-order valence-corrected chi connectivity index (χ3v) is 2.95.